The summed E-state index contributed by atoms with van der Waals surface area (Å²) in [6.07, 6.45) is 2.59. The molecule has 0 aliphatic heterocycles. The van der Waals surface area contributed by atoms with Crippen LogP contribution in [0.1, 0.15) is 30.9 Å². The first-order chi connectivity index (χ1) is 11.0. The molecule has 0 amide bonds. The second-order valence-electron chi connectivity index (χ2n) is 7.18. The van der Waals surface area contributed by atoms with Crippen molar-refractivity contribution in [1.82, 2.24) is 0 Å². The number of unbranched alkanes of at least 4 members (excludes halogenated alkanes) is 1. The summed E-state index contributed by atoms with van der Waals surface area (Å²) in [5.74, 6) is 0. The van der Waals surface area contributed by atoms with Gasteiger partial charge in [0.25, 0.3) is 0 Å². The largest absolute Gasteiger partial charge is 4.00 e. The number of halogens is 3. The standard InChI is InChI=1S/C22H27Si.3ClH.Ti/c1-5-6-11-23(4,21-13-17(2)12-18(3)14-21)22-15-19-9-7-8-10-20(19)16-22;;;;/h7-10,12-16H,5-6,11H2,1-4H3;3*1H;/q-1;;;;+4/p-3. The molecule has 0 aliphatic rings. The van der Waals surface area contributed by atoms with E-state index in [1.807, 2.05) is 0 Å². The molecule has 0 fully saturated rings. The van der Waals surface area contributed by atoms with E-state index in [1.165, 1.54) is 40.8 Å². The number of aryl methyl sites for hydroxylation is 2. The van der Waals surface area contributed by atoms with E-state index in [9.17, 15) is 0 Å². The fourth-order valence-electron chi connectivity index (χ4n) is 3.75. The Morgan fingerprint density at radius 2 is 1.48 bits per heavy atom. The van der Waals surface area contributed by atoms with E-state index in [0.29, 0.717) is 0 Å². The van der Waals surface area contributed by atoms with Gasteiger partial charge in [0.15, 0.2) is 0 Å². The van der Waals surface area contributed by atoms with Crippen molar-refractivity contribution in [2.24, 2.45) is 0 Å². The maximum atomic E-state index is 2.56. The SMILES string of the molecule is CCCC[Si](C)(c1cc(C)cc(C)c1)c1cc2ccccc2[cH-]1.[Cl-].[Cl-].[Cl-].[Ti+4]. The first kappa shape index (κ1) is 29.1. The number of benzene rings is 2. The molecule has 0 aliphatic carbocycles. The third-order valence-electron chi connectivity index (χ3n) is 5.14. The van der Waals surface area contributed by atoms with Crippen LogP contribution in [0.15, 0.2) is 54.6 Å². The Morgan fingerprint density at radius 3 is 2.04 bits per heavy atom. The van der Waals surface area contributed by atoms with Crippen molar-refractivity contribution in [3.05, 3.63) is 65.7 Å². The van der Waals surface area contributed by atoms with Gasteiger partial charge in [-0.1, -0.05) is 72.9 Å². The molecule has 1 atom stereocenters. The van der Waals surface area contributed by atoms with Crippen molar-refractivity contribution >= 4 is 29.2 Å². The van der Waals surface area contributed by atoms with Crippen LogP contribution in [0.4, 0.5) is 0 Å². The molecule has 1 unspecified atom stereocenters. The first-order valence-corrected chi connectivity index (χ1v) is 11.5. The minimum Gasteiger partial charge on any atom is -1.00 e. The molecule has 0 nitrogen and oxygen atoms in total. The smallest absolute Gasteiger partial charge is 1.00 e. The normalized spacial score (nSPS) is 12.0. The predicted molar refractivity (Wildman–Crippen MR) is 106 cm³/mol. The molecule has 3 rings (SSSR count). The Kier molecular flexibility index (Phi) is 13.4. The summed E-state index contributed by atoms with van der Waals surface area (Å²) >= 11 is 0. The molecule has 0 saturated heterocycles. The molecule has 144 valence electrons. The molecule has 0 aromatic heterocycles. The van der Waals surface area contributed by atoms with Crippen molar-refractivity contribution in [1.29, 1.82) is 0 Å². The summed E-state index contributed by atoms with van der Waals surface area (Å²) in [7, 11) is -1.67. The third kappa shape index (κ3) is 6.42. The molecule has 5 heteroatoms. The Hall–Kier alpha value is -0.149. The quantitative estimate of drug-likeness (QED) is 0.263. The fraction of sp³-hybridized carbons (Fsp3) is 0.318. The van der Waals surface area contributed by atoms with Crippen LogP contribution >= 0.6 is 0 Å². The molecule has 0 N–H and O–H groups in total. The van der Waals surface area contributed by atoms with Crippen LogP contribution in [-0.4, -0.2) is 8.07 Å². The van der Waals surface area contributed by atoms with Gasteiger partial charge in [-0.25, -0.2) is 0 Å². The molecule has 3 aromatic carbocycles. The summed E-state index contributed by atoms with van der Waals surface area (Å²) in [5, 5.41) is 5.97. The molecule has 0 bridgehead atoms. The van der Waals surface area contributed by atoms with Gasteiger partial charge >= 0.3 is 21.7 Å². The predicted octanol–water partition coefficient (Wildman–Crippen LogP) is -3.82. The third-order valence-corrected chi connectivity index (χ3v) is 9.62. The molecule has 0 radical (unpaired) electrons. The zero-order valence-electron chi connectivity index (χ0n) is 16.5. The van der Waals surface area contributed by atoms with Crippen LogP contribution < -0.4 is 47.6 Å². The minimum atomic E-state index is -1.67. The van der Waals surface area contributed by atoms with E-state index in [4.69, 9.17) is 0 Å². The molecular weight excluding hydrogens is 447 g/mol. The number of fused-ring (bicyclic) bond motifs is 1. The summed E-state index contributed by atoms with van der Waals surface area (Å²) in [4.78, 5) is 0. The average Bonchev–Trinajstić information content (AvgIpc) is 2.96. The number of rotatable bonds is 5. The summed E-state index contributed by atoms with van der Waals surface area (Å²) in [5.41, 5.74) is 2.79. The molecule has 3 aromatic rings. The molecule has 0 spiro atoms. The maximum absolute atomic E-state index is 2.56. The minimum absolute atomic E-state index is 0. The van der Waals surface area contributed by atoms with Gasteiger partial charge in [0.2, 0.25) is 0 Å². The van der Waals surface area contributed by atoms with Crippen LogP contribution in [0.5, 0.6) is 0 Å². The van der Waals surface area contributed by atoms with Crippen LogP contribution in [0.2, 0.25) is 12.6 Å². The Balaban J connectivity index is 0. The van der Waals surface area contributed by atoms with Gasteiger partial charge in [-0.15, -0.1) is 34.8 Å². The van der Waals surface area contributed by atoms with Crippen molar-refractivity contribution in [3.63, 3.8) is 0 Å². The van der Waals surface area contributed by atoms with Crippen LogP contribution in [-0.2, 0) is 21.7 Å². The number of hydrogen-bond acceptors (Lipinski definition) is 0. The monoisotopic (exact) mass is 472 g/mol. The van der Waals surface area contributed by atoms with E-state index < -0.39 is 8.07 Å². The number of hydrogen-bond donors (Lipinski definition) is 0. The van der Waals surface area contributed by atoms with Gasteiger partial charge in [0.05, 0.1) is 8.07 Å². The Bertz CT molecular complexity index is 778. The zero-order valence-corrected chi connectivity index (χ0v) is 21.3. The van der Waals surface area contributed by atoms with Crippen molar-refractivity contribution < 1.29 is 58.9 Å². The van der Waals surface area contributed by atoms with Crippen molar-refractivity contribution in [2.45, 2.75) is 46.2 Å². The van der Waals surface area contributed by atoms with Crippen LogP contribution in [0, 0.1) is 13.8 Å². The van der Waals surface area contributed by atoms with Crippen LogP contribution in [0.3, 0.4) is 0 Å². The Labute approximate surface area is 199 Å². The van der Waals surface area contributed by atoms with Crippen LogP contribution in [0.25, 0.3) is 10.8 Å². The van der Waals surface area contributed by atoms with E-state index in [2.05, 4.69) is 81.9 Å². The van der Waals surface area contributed by atoms with Gasteiger partial charge in [0, 0.05) is 0 Å². The van der Waals surface area contributed by atoms with E-state index in [-0.39, 0.29) is 58.9 Å². The van der Waals surface area contributed by atoms with Gasteiger partial charge in [-0.3, -0.25) is 0 Å². The molecule has 27 heavy (non-hydrogen) atoms. The van der Waals surface area contributed by atoms with E-state index >= 15 is 0 Å². The Morgan fingerprint density at radius 1 is 0.889 bits per heavy atom. The van der Waals surface area contributed by atoms with E-state index in [1.54, 1.807) is 10.4 Å². The molecular formula is C22H27Cl3SiTi. The molecule has 0 saturated carbocycles. The van der Waals surface area contributed by atoms with Gasteiger partial charge in [-0.2, -0.15) is 11.5 Å². The summed E-state index contributed by atoms with van der Waals surface area (Å²) < 4.78 is 0. The topological polar surface area (TPSA) is 0 Å². The zero-order chi connectivity index (χ0) is 16.4. The maximum Gasteiger partial charge on any atom is 4.00 e. The van der Waals surface area contributed by atoms with Crippen molar-refractivity contribution in [3.8, 4) is 0 Å². The summed E-state index contributed by atoms with van der Waals surface area (Å²) in [6.45, 7) is 9.32. The second kappa shape index (κ2) is 12.4. The average molecular weight is 474 g/mol. The fourth-order valence-corrected chi connectivity index (χ4v) is 7.76. The molecule has 0 heterocycles. The van der Waals surface area contributed by atoms with Crippen molar-refractivity contribution in [2.75, 3.05) is 0 Å². The first-order valence-electron chi connectivity index (χ1n) is 8.77. The van der Waals surface area contributed by atoms with Gasteiger partial charge < -0.3 is 37.2 Å². The summed E-state index contributed by atoms with van der Waals surface area (Å²) in [6, 6.07) is 22.2. The van der Waals surface area contributed by atoms with Gasteiger partial charge in [-0.05, 0) is 13.8 Å². The van der Waals surface area contributed by atoms with Gasteiger partial charge in [0.1, 0.15) is 0 Å². The second-order valence-corrected chi connectivity index (χ2v) is 11.5. The van der Waals surface area contributed by atoms with E-state index in [0.717, 1.165) is 0 Å².